The molecule has 1 aliphatic rings. The number of fused-ring (bicyclic) bond motifs is 1. The fraction of sp³-hybridized carbons (Fsp3) is 0.286. The molecule has 6 nitrogen and oxygen atoms in total. The lowest BCUT2D eigenvalue weighted by Gasteiger charge is -2.07. The van der Waals surface area contributed by atoms with Gasteiger partial charge in [0.2, 0.25) is 5.89 Å². The molecule has 4 aromatic rings. The predicted molar refractivity (Wildman–Crippen MR) is 109 cm³/mol. The van der Waals surface area contributed by atoms with Crippen LogP contribution in [0.4, 0.5) is 5.69 Å². The summed E-state index contributed by atoms with van der Waals surface area (Å²) in [4.78, 5) is 5.69. The second-order valence-corrected chi connectivity index (χ2v) is 7.96. The summed E-state index contributed by atoms with van der Waals surface area (Å²) < 4.78 is 8.06. The number of thiophene rings is 1. The Morgan fingerprint density at radius 3 is 2.89 bits per heavy atom. The lowest BCUT2D eigenvalue weighted by molar-refractivity contribution is 0.541. The average Bonchev–Trinajstić information content (AvgIpc) is 3.48. The molecule has 28 heavy (non-hydrogen) atoms. The quantitative estimate of drug-likeness (QED) is 0.526. The number of hydrogen-bond acceptors (Lipinski definition) is 6. The normalized spacial score (nSPS) is 13.0. The molecular formula is C21H21N5OS. The van der Waals surface area contributed by atoms with E-state index in [1.807, 2.05) is 24.4 Å². The zero-order chi connectivity index (χ0) is 18.9. The molecule has 1 aromatic carbocycles. The van der Waals surface area contributed by atoms with Gasteiger partial charge in [-0.2, -0.15) is 0 Å². The van der Waals surface area contributed by atoms with Crippen LogP contribution in [-0.2, 0) is 25.9 Å². The molecule has 0 saturated heterocycles. The molecule has 5 rings (SSSR count). The van der Waals surface area contributed by atoms with Crippen LogP contribution in [0, 0.1) is 6.92 Å². The second kappa shape index (κ2) is 7.24. The van der Waals surface area contributed by atoms with Gasteiger partial charge in [-0.25, -0.2) is 4.98 Å². The molecule has 0 fully saturated rings. The van der Waals surface area contributed by atoms with Crippen LogP contribution in [0.1, 0.15) is 35.1 Å². The fourth-order valence-electron chi connectivity index (χ4n) is 3.55. The van der Waals surface area contributed by atoms with Gasteiger partial charge in [-0.3, -0.25) is 0 Å². The van der Waals surface area contributed by atoms with Crippen LogP contribution in [0.5, 0.6) is 0 Å². The lowest BCUT2D eigenvalue weighted by atomic mass is 10.1. The molecule has 7 heteroatoms. The third-order valence-electron chi connectivity index (χ3n) is 5.09. The number of aryl methyl sites for hydroxylation is 2. The first kappa shape index (κ1) is 17.2. The number of anilines is 1. The van der Waals surface area contributed by atoms with Gasteiger partial charge in [0.1, 0.15) is 23.1 Å². The van der Waals surface area contributed by atoms with E-state index in [1.165, 1.54) is 12.0 Å². The van der Waals surface area contributed by atoms with Gasteiger partial charge in [0.05, 0.1) is 11.4 Å². The van der Waals surface area contributed by atoms with Crippen molar-refractivity contribution in [1.82, 2.24) is 19.7 Å². The Hall–Kier alpha value is -2.93. The minimum absolute atomic E-state index is 0.637. The summed E-state index contributed by atoms with van der Waals surface area (Å²) in [6, 6.07) is 12.5. The Morgan fingerprint density at radius 2 is 2.07 bits per heavy atom. The highest BCUT2D eigenvalue weighted by Crippen LogP contribution is 2.26. The summed E-state index contributed by atoms with van der Waals surface area (Å²) in [5, 5.41) is 14.1. The molecule has 1 aliphatic heterocycles. The molecule has 4 heterocycles. The highest BCUT2D eigenvalue weighted by atomic mass is 32.1. The molecule has 0 bridgehead atoms. The standard InChI is InChI=1S/C21H21N5OS/c1-14-17(23-21(27-14)18-4-3-11-28-18)13-22-16-8-6-15(7-9-16)12-20-25-24-19-5-2-10-26(19)20/h3-4,6-9,11,22H,2,5,10,12-13H2,1H3. The average molecular weight is 392 g/mol. The number of rotatable bonds is 6. The molecule has 142 valence electrons. The van der Waals surface area contributed by atoms with Crippen LogP contribution in [0.15, 0.2) is 46.2 Å². The number of oxazole rings is 1. The highest BCUT2D eigenvalue weighted by Gasteiger charge is 2.17. The third kappa shape index (κ3) is 3.33. The fourth-order valence-corrected chi connectivity index (χ4v) is 4.20. The first-order chi connectivity index (χ1) is 13.8. The molecule has 0 radical (unpaired) electrons. The van der Waals surface area contributed by atoms with Crippen molar-refractivity contribution in [3.05, 3.63) is 70.4 Å². The topological polar surface area (TPSA) is 68.8 Å². The van der Waals surface area contributed by atoms with E-state index < -0.39 is 0 Å². The molecule has 1 N–H and O–H groups in total. The number of aromatic nitrogens is 4. The number of benzene rings is 1. The predicted octanol–water partition coefficient (Wildman–Crippen LogP) is 4.45. The Kier molecular flexibility index (Phi) is 4.44. The van der Waals surface area contributed by atoms with Gasteiger partial charge >= 0.3 is 0 Å². The summed E-state index contributed by atoms with van der Waals surface area (Å²) in [5.41, 5.74) is 3.24. The smallest absolute Gasteiger partial charge is 0.236 e. The highest BCUT2D eigenvalue weighted by molar-refractivity contribution is 7.13. The van der Waals surface area contributed by atoms with Crippen molar-refractivity contribution in [2.45, 2.75) is 39.3 Å². The van der Waals surface area contributed by atoms with Gasteiger partial charge in [0, 0.05) is 25.1 Å². The van der Waals surface area contributed by atoms with E-state index in [-0.39, 0.29) is 0 Å². The number of nitrogens with zero attached hydrogens (tertiary/aromatic N) is 4. The summed E-state index contributed by atoms with van der Waals surface area (Å²) >= 11 is 1.63. The Morgan fingerprint density at radius 1 is 1.18 bits per heavy atom. The maximum atomic E-state index is 5.81. The van der Waals surface area contributed by atoms with Gasteiger partial charge in [-0.15, -0.1) is 21.5 Å². The maximum Gasteiger partial charge on any atom is 0.236 e. The Bertz CT molecular complexity index is 1080. The van der Waals surface area contributed by atoms with Gasteiger partial charge in [-0.05, 0) is 42.5 Å². The summed E-state index contributed by atoms with van der Waals surface area (Å²) in [6.45, 7) is 3.64. The lowest BCUT2D eigenvalue weighted by Crippen LogP contribution is -2.03. The summed E-state index contributed by atoms with van der Waals surface area (Å²) in [5.74, 6) is 3.74. The Balaban J connectivity index is 1.23. The molecule has 0 atom stereocenters. The van der Waals surface area contributed by atoms with E-state index in [0.717, 1.165) is 53.1 Å². The zero-order valence-electron chi connectivity index (χ0n) is 15.7. The molecule has 0 saturated carbocycles. The van der Waals surface area contributed by atoms with E-state index in [4.69, 9.17) is 4.42 Å². The SMILES string of the molecule is Cc1oc(-c2cccs2)nc1CNc1ccc(Cc2nnc3n2CCC3)cc1. The summed E-state index contributed by atoms with van der Waals surface area (Å²) in [7, 11) is 0. The van der Waals surface area contributed by atoms with E-state index in [0.29, 0.717) is 12.4 Å². The van der Waals surface area contributed by atoms with Crippen LogP contribution < -0.4 is 5.32 Å². The first-order valence-corrected chi connectivity index (χ1v) is 10.4. The molecule has 0 spiro atoms. The van der Waals surface area contributed by atoms with Gasteiger partial charge in [0.15, 0.2) is 0 Å². The molecular weight excluding hydrogens is 370 g/mol. The van der Waals surface area contributed by atoms with Crippen molar-refractivity contribution in [3.63, 3.8) is 0 Å². The van der Waals surface area contributed by atoms with Crippen LogP contribution >= 0.6 is 11.3 Å². The maximum absolute atomic E-state index is 5.81. The zero-order valence-corrected chi connectivity index (χ0v) is 16.5. The first-order valence-electron chi connectivity index (χ1n) is 9.50. The minimum Gasteiger partial charge on any atom is -0.440 e. The van der Waals surface area contributed by atoms with E-state index in [9.17, 15) is 0 Å². The van der Waals surface area contributed by atoms with Crippen molar-refractivity contribution in [2.24, 2.45) is 0 Å². The van der Waals surface area contributed by atoms with Crippen molar-refractivity contribution in [3.8, 4) is 10.8 Å². The van der Waals surface area contributed by atoms with Gasteiger partial charge in [0.25, 0.3) is 0 Å². The van der Waals surface area contributed by atoms with E-state index in [2.05, 4.69) is 49.3 Å². The van der Waals surface area contributed by atoms with E-state index in [1.54, 1.807) is 11.3 Å². The van der Waals surface area contributed by atoms with Crippen LogP contribution in [0.25, 0.3) is 10.8 Å². The molecule has 0 amide bonds. The Labute approximate surface area is 167 Å². The molecule has 3 aromatic heterocycles. The van der Waals surface area contributed by atoms with E-state index >= 15 is 0 Å². The van der Waals surface area contributed by atoms with Crippen molar-refractivity contribution < 1.29 is 4.42 Å². The second-order valence-electron chi connectivity index (χ2n) is 7.01. The molecule has 0 aliphatic carbocycles. The largest absolute Gasteiger partial charge is 0.440 e. The van der Waals surface area contributed by atoms with Crippen molar-refractivity contribution >= 4 is 17.0 Å². The van der Waals surface area contributed by atoms with Crippen molar-refractivity contribution in [1.29, 1.82) is 0 Å². The van der Waals surface area contributed by atoms with Gasteiger partial charge < -0.3 is 14.3 Å². The number of nitrogens with one attached hydrogen (secondary N) is 1. The van der Waals surface area contributed by atoms with Crippen LogP contribution in [0.3, 0.4) is 0 Å². The number of hydrogen-bond donors (Lipinski definition) is 1. The molecule has 0 unspecified atom stereocenters. The van der Waals surface area contributed by atoms with Crippen molar-refractivity contribution in [2.75, 3.05) is 5.32 Å². The monoisotopic (exact) mass is 391 g/mol. The van der Waals surface area contributed by atoms with Crippen LogP contribution in [-0.4, -0.2) is 19.7 Å². The van der Waals surface area contributed by atoms with Gasteiger partial charge in [-0.1, -0.05) is 18.2 Å². The summed E-state index contributed by atoms with van der Waals surface area (Å²) in [6.07, 6.45) is 3.04. The third-order valence-corrected chi connectivity index (χ3v) is 5.94. The minimum atomic E-state index is 0.637. The van der Waals surface area contributed by atoms with Crippen LogP contribution in [0.2, 0.25) is 0 Å².